The Hall–Kier alpha value is -2.80. The summed E-state index contributed by atoms with van der Waals surface area (Å²) in [6, 6.07) is 12.9. The van der Waals surface area contributed by atoms with Gasteiger partial charge in [-0.2, -0.15) is 0 Å². The zero-order valence-electron chi connectivity index (χ0n) is 17.5. The van der Waals surface area contributed by atoms with Crippen molar-refractivity contribution >= 4 is 34.8 Å². The molecular weight excluding hydrogens is 396 g/mol. The van der Waals surface area contributed by atoms with Crippen molar-refractivity contribution in [3.05, 3.63) is 59.9 Å². The smallest absolute Gasteiger partial charge is 0.276 e. The molecule has 2 amide bonds. The van der Waals surface area contributed by atoms with E-state index in [4.69, 9.17) is 0 Å². The second-order valence-corrected chi connectivity index (χ2v) is 8.83. The van der Waals surface area contributed by atoms with E-state index in [9.17, 15) is 9.59 Å². The van der Waals surface area contributed by atoms with E-state index in [1.807, 2.05) is 52.1 Å². The average Bonchev–Trinajstić information content (AvgIpc) is 3.12. The summed E-state index contributed by atoms with van der Waals surface area (Å²) in [4.78, 5) is 32.7. The van der Waals surface area contributed by atoms with E-state index in [0.717, 1.165) is 30.2 Å². The number of carbonyl (C=O) groups excluding carboxylic acids is 2. The third-order valence-corrected chi connectivity index (χ3v) is 6.13. The number of hydrogen-bond acceptors (Lipinski definition) is 4. The Morgan fingerprint density at radius 3 is 2.50 bits per heavy atom. The molecule has 0 saturated carbocycles. The number of rotatable bonds is 4. The topological polar surface area (TPSA) is 66.7 Å². The first-order chi connectivity index (χ1) is 14.5. The monoisotopic (exact) mass is 422 g/mol. The lowest BCUT2D eigenvalue weighted by Gasteiger charge is -2.35. The molecule has 2 atom stereocenters. The largest absolute Gasteiger partial charge is 0.338 e. The van der Waals surface area contributed by atoms with Gasteiger partial charge in [0.2, 0.25) is 0 Å². The Morgan fingerprint density at radius 1 is 1.07 bits per heavy atom. The van der Waals surface area contributed by atoms with Gasteiger partial charge in [-0.1, -0.05) is 43.8 Å². The number of nitrogens with one attached hydrogen (secondary N) is 1. The summed E-state index contributed by atoms with van der Waals surface area (Å²) < 4.78 is 1.90. The van der Waals surface area contributed by atoms with Gasteiger partial charge >= 0.3 is 0 Å². The van der Waals surface area contributed by atoms with Gasteiger partial charge in [0, 0.05) is 19.3 Å². The van der Waals surface area contributed by atoms with Crippen molar-refractivity contribution in [3.8, 4) is 0 Å². The molecule has 0 radical (unpaired) electrons. The van der Waals surface area contributed by atoms with Crippen LogP contribution < -0.4 is 5.32 Å². The standard InChI is InChI=1S/C23H26N4O2S/c1-15-12-16(2)14-26(13-15)22(29)17-8-4-5-9-18(17)24-21(28)20-19-10-6-7-11-27(19)23(25-20)30-3/h4-11,15-16H,12-14H2,1-3H3,(H,24,28)/t15-,16+. The van der Waals surface area contributed by atoms with E-state index in [1.54, 1.807) is 12.1 Å². The number of nitrogens with zero attached hydrogens (tertiary/aromatic N) is 3. The molecule has 1 aliphatic rings. The van der Waals surface area contributed by atoms with Gasteiger partial charge in [0.25, 0.3) is 11.8 Å². The van der Waals surface area contributed by atoms with Crippen LogP contribution in [0.4, 0.5) is 5.69 Å². The minimum Gasteiger partial charge on any atom is -0.338 e. The highest BCUT2D eigenvalue weighted by molar-refractivity contribution is 7.98. The van der Waals surface area contributed by atoms with Crippen LogP contribution in [0.3, 0.4) is 0 Å². The minimum absolute atomic E-state index is 0.0381. The molecule has 3 heterocycles. The number of thioether (sulfide) groups is 1. The van der Waals surface area contributed by atoms with Crippen LogP contribution in [0.25, 0.3) is 5.52 Å². The Bertz CT molecular complexity index is 1080. The molecule has 1 aliphatic heterocycles. The van der Waals surface area contributed by atoms with Gasteiger partial charge in [-0.05, 0) is 48.8 Å². The summed E-state index contributed by atoms with van der Waals surface area (Å²) in [5, 5.41) is 3.67. The lowest BCUT2D eigenvalue weighted by Crippen LogP contribution is -2.42. The zero-order valence-corrected chi connectivity index (χ0v) is 18.3. The number of fused-ring (bicyclic) bond motifs is 1. The number of hydrogen-bond donors (Lipinski definition) is 1. The van der Waals surface area contributed by atoms with Gasteiger partial charge in [-0.15, -0.1) is 0 Å². The van der Waals surface area contributed by atoms with E-state index < -0.39 is 0 Å². The van der Waals surface area contributed by atoms with Crippen LogP contribution in [0.2, 0.25) is 0 Å². The van der Waals surface area contributed by atoms with E-state index in [1.165, 1.54) is 11.8 Å². The Kier molecular flexibility index (Phi) is 5.81. The number of carbonyl (C=O) groups is 2. The number of benzene rings is 1. The number of imidazole rings is 1. The average molecular weight is 423 g/mol. The van der Waals surface area contributed by atoms with Crippen molar-refractivity contribution in [2.45, 2.75) is 25.4 Å². The molecule has 0 aliphatic carbocycles. The molecule has 1 fully saturated rings. The molecule has 3 aromatic rings. The number of anilines is 1. The zero-order chi connectivity index (χ0) is 21.3. The summed E-state index contributed by atoms with van der Waals surface area (Å²) >= 11 is 1.48. The molecular formula is C23H26N4O2S. The van der Waals surface area contributed by atoms with Crippen LogP contribution >= 0.6 is 11.8 Å². The number of amides is 2. The molecule has 6 nitrogen and oxygen atoms in total. The lowest BCUT2D eigenvalue weighted by molar-refractivity contribution is 0.0624. The van der Waals surface area contributed by atoms with Crippen molar-refractivity contribution in [1.29, 1.82) is 0 Å². The van der Waals surface area contributed by atoms with Gasteiger partial charge in [0.15, 0.2) is 10.9 Å². The summed E-state index contributed by atoms with van der Waals surface area (Å²) in [6.07, 6.45) is 4.95. The summed E-state index contributed by atoms with van der Waals surface area (Å²) in [5.41, 5.74) is 2.12. The van der Waals surface area contributed by atoms with Gasteiger partial charge < -0.3 is 10.2 Å². The van der Waals surface area contributed by atoms with Gasteiger partial charge in [-0.3, -0.25) is 14.0 Å². The molecule has 2 aromatic heterocycles. The van der Waals surface area contributed by atoms with Crippen molar-refractivity contribution < 1.29 is 9.59 Å². The lowest BCUT2D eigenvalue weighted by atomic mass is 9.91. The van der Waals surface area contributed by atoms with Crippen LogP contribution in [-0.2, 0) is 0 Å². The molecule has 4 rings (SSSR count). The van der Waals surface area contributed by atoms with Crippen molar-refractivity contribution in [2.24, 2.45) is 11.8 Å². The Labute approximate surface area is 180 Å². The second kappa shape index (κ2) is 8.52. The van der Waals surface area contributed by atoms with E-state index >= 15 is 0 Å². The van der Waals surface area contributed by atoms with E-state index in [0.29, 0.717) is 28.8 Å². The van der Waals surface area contributed by atoms with Gasteiger partial charge in [0.1, 0.15) is 0 Å². The second-order valence-electron chi connectivity index (χ2n) is 8.06. The van der Waals surface area contributed by atoms with Crippen LogP contribution in [0, 0.1) is 11.8 Å². The third kappa shape index (κ3) is 3.94. The number of piperidine rings is 1. The Morgan fingerprint density at radius 2 is 1.77 bits per heavy atom. The number of pyridine rings is 1. The summed E-state index contributed by atoms with van der Waals surface area (Å²) in [7, 11) is 0. The first-order valence-corrected chi connectivity index (χ1v) is 11.4. The number of aromatic nitrogens is 2. The van der Waals surface area contributed by atoms with Crippen molar-refractivity contribution in [2.75, 3.05) is 24.7 Å². The van der Waals surface area contributed by atoms with E-state index in [-0.39, 0.29) is 11.8 Å². The van der Waals surface area contributed by atoms with Crippen LogP contribution in [0.5, 0.6) is 0 Å². The predicted octanol–water partition coefficient (Wildman–Crippen LogP) is 4.43. The maximum absolute atomic E-state index is 13.2. The highest BCUT2D eigenvalue weighted by Gasteiger charge is 2.28. The normalized spacial score (nSPS) is 19.1. The van der Waals surface area contributed by atoms with Gasteiger partial charge in [-0.25, -0.2) is 4.98 Å². The summed E-state index contributed by atoms with van der Waals surface area (Å²) in [5.74, 6) is 0.589. The predicted molar refractivity (Wildman–Crippen MR) is 120 cm³/mol. The third-order valence-electron chi connectivity index (χ3n) is 5.48. The highest BCUT2D eigenvalue weighted by Crippen LogP contribution is 2.26. The molecule has 156 valence electrons. The molecule has 1 saturated heterocycles. The van der Waals surface area contributed by atoms with Gasteiger partial charge in [0.05, 0.1) is 16.8 Å². The fourth-order valence-electron chi connectivity index (χ4n) is 4.28. The maximum Gasteiger partial charge on any atom is 0.276 e. The van der Waals surface area contributed by atoms with Crippen molar-refractivity contribution in [3.63, 3.8) is 0 Å². The van der Waals surface area contributed by atoms with E-state index in [2.05, 4.69) is 24.1 Å². The minimum atomic E-state index is -0.320. The molecule has 7 heteroatoms. The van der Waals surface area contributed by atoms with Crippen molar-refractivity contribution in [1.82, 2.24) is 14.3 Å². The molecule has 30 heavy (non-hydrogen) atoms. The highest BCUT2D eigenvalue weighted by atomic mass is 32.2. The van der Waals surface area contributed by atoms with Crippen LogP contribution in [0.15, 0.2) is 53.8 Å². The molecule has 0 unspecified atom stereocenters. The Balaban J connectivity index is 1.62. The quantitative estimate of drug-likeness (QED) is 0.632. The first kappa shape index (κ1) is 20.5. The first-order valence-electron chi connectivity index (χ1n) is 10.2. The summed E-state index contributed by atoms with van der Waals surface area (Å²) in [6.45, 7) is 5.84. The SMILES string of the molecule is CSc1nc(C(=O)Nc2ccccc2C(=O)N2C[C@H](C)C[C@H](C)C2)c2ccccn12. The molecule has 1 N–H and O–H groups in total. The fraction of sp³-hybridized carbons (Fsp3) is 0.348. The fourth-order valence-corrected chi connectivity index (χ4v) is 4.82. The van der Waals surface area contributed by atoms with Crippen LogP contribution in [0.1, 0.15) is 41.1 Å². The molecule has 0 spiro atoms. The molecule has 1 aromatic carbocycles. The number of para-hydroxylation sites is 1. The maximum atomic E-state index is 13.2. The number of likely N-dealkylation sites (tertiary alicyclic amines) is 1. The molecule has 0 bridgehead atoms. The van der Waals surface area contributed by atoms with Crippen LogP contribution in [-0.4, -0.2) is 45.4 Å².